The average molecular weight is 255 g/mol. The predicted molar refractivity (Wildman–Crippen MR) is 72.6 cm³/mol. The molecule has 2 rings (SSSR count). The van der Waals surface area contributed by atoms with Crippen LogP contribution in [0.3, 0.4) is 0 Å². The van der Waals surface area contributed by atoms with Crippen molar-refractivity contribution in [3.05, 3.63) is 59.2 Å². The van der Waals surface area contributed by atoms with Gasteiger partial charge in [-0.05, 0) is 43.3 Å². The van der Waals surface area contributed by atoms with Crippen molar-refractivity contribution in [3.63, 3.8) is 0 Å². The minimum Gasteiger partial charge on any atom is -0.508 e. The van der Waals surface area contributed by atoms with Crippen molar-refractivity contribution in [1.29, 1.82) is 0 Å². The van der Waals surface area contributed by atoms with Crippen LogP contribution < -0.4 is 5.32 Å². The van der Waals surface area contributed by atoms with Crippen LogP contribution in [0, 0.1) is 6.92 Å². The van der Waals surface area contributed by atoms with Gasteiger partial charge in [-0.2, -0.15) is 0 Å². The van der Waals surface area contributed by atoms with Gasteiger partial charge >= 0.3 is 0 Å². The van der Waals surface area contributed by atoms with Crippen LogP contribution in [-0.4, -0.2) is 17.3 Å². The summed E-state index contributed by atoms with van der Waals surface area (Å²) >= 11 is 0. The average Bonchev–Trinajstić information content (AvgIpc) is 2.42. The molecule has 0 saturated heterocycles. The number of carbonyl (C=O) groups excluding carboxylic acids is 2. The van der Waals surface area contributed by atoms with Gasteiger partial charge in [-0.25, -0.2) is 0 Å². The molecular weight excluding hydrogens is 242 g/mol. The van der Waals surface area contributed by atoms with Crippen molar-refractivity contribution in [2.24, 2.45) is 0 Å². The maximum Gasteiger partial charge on any atom is 0.256 e. The normalized spacial score (nSPS) is 9.95. The molecule has 0 aliphatic heterocycles. The van der Waals surface area contributed by atoms with Crippen LogP contribution in [-0.2, 0) is 0 Å². The third kappa shape index (κ3) is 2.80. The topological polar surface area (TPSA) is 66.4 Å². The maximum atomic E-state index is 12.0. The third-order valence-corrected chi connectivity index (χ3v) is 2.85. The molecule has 4 nitrogen and oxygen atoms in total. The number of carbonyl (C=O) groups is 2. The van der Waals surface area contributed by atoms with E-state index < -0.39 is 0 Å². The van der Waals surface area contributed by atoms with Crippen LogP contribution >= 0.6 is 0 Å². The summed E-state index contributed by atoms with van der Waals surface area (Å²) in [6, 6.07) is 11.3. The standard InChI is InChI=1S/C15H13NO3/c1-10-13(3-2-4-14(10)18)15(19)16-12-7-5-11(9-17)6-8-12/h2-9,18H,1H3,(H,16,19). The first-order valence-corrected chi connectivity index (χ1v) is 5.77. The van der Waals surface area contributed by atoms with Gasteiger partial charge in [0.25, 0.3) is 5.91 Å². The Balaban J connectivity index is 2.20. The Morgan fingerprint density at radius 2 is 1.84 bits per heavy atom. The van der Waals surface area contributed by atoms with E-state index in [1.165, 1.54) is 6.07 Å². The number of phenols is 1. The van der Waals surface area contributed by atoms with Gasteiger partial charge in [0.15, 0.2) is 0 Å². The number of rotatable bonds is 3. The van der Waals surface area contributed by atoms with Gasteiger partial charge in [-0.15, -0.1) is 0 Å². The van der Waals surface area contributed by atoms with E-state index >= 15 is 0 Å². The molecule has 0 aromatic heterocycles. The largest absolute Gasteiger partial charge is 0.508 e. The number of amides is 1. The molecule has 2 aromatic rings. The van der Waals surface area contributed by atoms with E-state index in [2.05, 4.69) is 5.32 Å². The zero-order valence-electron chi connectivity index (χ0n) is 10.4. The number of nitrogens with one attached hydrogen (secondary N) is 1. The maximum absolute atomic E-state index is 12.0. The van der Waals surface area contributed by atoms with E-state index in [4.69, 9.17) is 0 Å². The van der Waals surface area contributed by atoms with E-state index in [0.29, 0.717) is 22.4 Å². The first-order valence-electron chi connectivity index (χ1n) is 5.77. The first kappa shape index (κ1) is 12.8. The zero-order valence-corrected chi connectivity index (χ0v) is 10.4. The molecule has 2 aromatic carbocycles. The van der Waals surface area contributed by atoms with E-state index in [9.17, 15) is 14.7 Å². The van der Waals surface area contributed by atoms with Crippen molar-refractivity contribution in [2.75, 3.05) is 5.32 Å². The summed E-state index contributed by atoms with van der Waals surface area (Å²) in [5, 5.41) is 12.3. The van der Waals surface area contributed by atoms with E-state index in [-0.39, 0.29) is 11.7 Å². The summed E-state index contributed by atoms with van der Waals surface area (Å²) in [5.41, 5.74) is 2.09. The summed E-state index contributed by atoms with van der Waals surface area (Å²) in [6.07, 6.45) is 0.741. The number of benzene rings is 2. The molecule has 0 bridgehead atoms. The van der Waals surface area contributed by atoms with E-state index in [0.717, 1.165) is 6.29 Å². The predicted octanol–water partition coefficient (Wildman–Crippen LogP) is 2.77. The monoisotopic (exact) mass is 255 g/mol. The first-order chi connectivity index (χ1) is 9.11. The minimum absolute atomic E-state index is 0.0870. The van der Waals surface area contributed by atoms with Gasteiger partial charge in [0.1, 0.15) is 12.0 Å². The summed E-state index contributed by atoms with van der Waals surface area (Å²) in [7, 11) is 0. The van der Waals surface area contributed by atoms with Gasteiger partial charge in [0.2, 0.25) is 0 Å². The summed E-state index contributed by atoms with van der Waals surface area (Å²) in [5.74, 6) is -0.212. The second-order valence-corrected chi connectivity index (χ2v) is 4.14. The van der Waals surface area contributed by atoms with Crippen LogP contribution in [0.4, 0.5) is 5.69 Å². The molecule has 2 N–H and O–H groups in total. The molecule has 0 heterocycles. The van der Waals surface area contributed by atoms with Crippen molar-refractivity contribution in [2.45, 2.75) is 6.92 Å². The fraction of sp³-hybridized carbons (Fsp3) is 0.0667. The zero-order chi connectivity index (χ0) is 13.8. The highest BCUT2D eigenvalue weighted by molar-refractivity contribution is 6.05. The second kappa shape index (κ2) is 5.35. The lowest BCUT2D eigenvalue weighted by Gasteiger charge is -2.08. The van der Waals surface area contributed by atoms with Gasteiger partial charge in [0.05, 0.1) is 0 Å². The Bertz CT molecular complexity index is 618. The molecule has 0 aliphatic rings. The number of anilines is 1. The van der Waals surface area contributed by atoms with Crippen molar-refractivity contribution in [1.82, 2.24) is 0 Å². The molecule has 0 spiro atoms. The number of aldehydes is 1. The van der Waals surface area contributed by atoms with Crippen molar-refractivity contribution < 1.29 is 14.7 Å². The molecule has 0 radical (unpaired) electrons. The molecule has 19 heavy (non-hydrogen) atoms. The second-order valence-electron chi connectivity index (χ2n) is 4.14. The van der Waals surface area contributed by atoms with Crippen LogP contribution in [0.2, 0.25) is 0 Å². The summed E-state index contributed by atoms with van der Waals surface area (Å²) in [6.45, 7) is 1.68. The molecule has 0 saturated carbocycles. The highest BCUT2D eigenvalue weighted by Gasteiger charge is 2.11. The lowest BCUT2D eigenvalue weighted by molar-refractivity contribution is 0.102. The summed E-state index contributed by atoms with van der Waals surface area (Å²) < 4.78 is 0. The van der Waals surface area contributed by atoms with Gasteiger partial charge in [-0.3, -0.25) is 9.59 Å². The SMILES string of the molecule is Cc1c(O)cccc1C(=O)Nc1ccc(C=O)cc1. The Kier molecular flexibility index (Phi) is 3.61. The minimum atomic E-state index is -0.299. The Labute approximate surface area is 110 Å². The van der Waals surface area contributed by atoms with Gasteiger partial charge in [-0.1, -0.05) is 6.07 Å². The van der Waals surface area contributed by atoms with Crippen LogP contribution in [0.5, 0.6) is 5.75 Å². The highest BCUT2D eigenvalue weighted by Crippen LogP contribution is 2.20. The molecule has 0 aliphatic carbocycles. The molecule has 96 valence electrons. The molecular formula is C15H13NO3. The van der Waals surface area contributed by atoms with Crippen molar-refractivity contribution in [3.8, 4) is 5.75 Å². The fourth-order valence-corrected chi connectivity index (χ4v) is 1.71. The van der Waals surface area contributed by atoms with E-state index in [1.807, 2.05) is 0 Å². The molecule has 1 amide bonds. The lowest BCUT2D eigenvalue weighted by Crippen LogP contribution is -2.13. The highest BCUT2D eigenvalue weighted by atomic mass is 16.3. The molecule has 4 heteroatoms. The quantitative estimate of drug-likeness (QED) is 0.829. The Hall–Kier alpha value is -2.62. The Morgan fingerprint density at radius 1 is 1.16 bits per heavy atom. The smallest absolute Gasteiger partial charge is 0.256 e. The lowest BCUT2D eigenvalue weighted by atomic mass is 10.1. The van der Waals surface area contributed by atoms with Crippen LogP contribution in [0.15, 0.2) is 42.5 Å². The number of aromatic hydroxyl groups is 1. The van der Waals surface area contributed by atoms with E-state index in [1.54, 1.807) is 43.3 Å². The molecule has 0 atom stereocenters. The third-order valence-electron chi connectivity index (χ3n) is 2.85. The number of phenolic OH excluding ortho intramolecular Hbond substituents is 1. The summed E-state index contributed by atoms with van der Waals surface area (Å²) in [4.78, 5) is 22.6. The number of hydrogen-bond donors (Lipinski definition) is 2. The molecule has 0 fully saturated rings. The Morgan fingerprint density at radius 3 is 2.47 bits per heavy atom. The fourth-order valence-electron chi connectivity index (χ4n) is 1.71. The van der Waals surface area contributed by atoms with Gasteiger partial charge < -0.3 is 10.4 Å². The van der Waals surface area contributed by atoms with Crippen LogP contribution in [0.1, 0.15) is 26.3 Å². The number of hydrogen-bond acceptors (Lipinski definition) is 3. The molecule has 0 unspecified atom stereocenters. The van der Waals surface area contributed by atoms with Crippen molar-refractivity contribution >= 4 is 17.9 Å². The van der Waals surface area contributed by atoms with Gasteiger partial charge in [0, 0.05) is 22.4 Å². The van der Waals surface area contributed by atoms with Crippen LogP contribution in [0.25, 0.3) is 0 Å².